The van der Waals surface area contributed by atoms with Crippen LogP contribution in [-0.4, -0.2) is 26.5 Å². The van der Waals surface area contributed by atoms with Crippen molar-refractivity contribution in [3.63, 3.8) is 0 Å². The molecule has 3 nitrogen and oxygen atoms in total. The molecule has 4 rings (SSSR count). The van der Waals surface area contributed by atoms with Crippen molar-refractivity contribution in [3.8, 4) is 0 Å². The Morgan fingerprint density at radius 3 is 2.33 bits per heavy atom. The summed E-state index contributed by atoms with van der Waals surface area (Å²) in [5, 5.41) is 0.190. The highest BCUT2D eigenvalue weighted by Gasteiger charge is 2.62. The number of hydrogen-bond donors (Lipinski definition) is 0. The smallest absolute Gasteiger partial charge is 0.302 e. The lowest BCUT2D eigenvalue weighted by Crippen LogP contribution is -2.57. The lowest BCUT2D eigenvalue weighted by atomic mass is 9.46. The first-order chi connectivity index (χ1) is 18.0. The fourth-order valence-electron chi connectivity index (χ4n) is 9.58. The molecule has 0 aromatic heterocycles. The third-order valence-corrected chi connectivity index (χ3v) is 17.3. The standard InChI is InChI=1S/C35H62O3Si/c1-23(2)13-12-14-24(3)28-15-16-29-32-30(18-20-35(28,29)9)34(8)19-17-27(37-25(4)36)21-26(34)22-31(32)38-39(10,11)33(5,6)7/h22-24,27-32H,12-21H2,1-11H3/t24-,27+,28-,29+,30+,31?,32?,34+,35-/m1/s1. The molecule has 4 aliphatic carbocycles. The van der Waals surface area contributed by atoms with Crippen molar-refractivity contribution in [1.29, 1.82) is 0 Å². The van der Waals surface area contributed by atoms with E-state index in [0.717, 1.165) is 42.9 Å². The summed E-state index contributed by atoms with van der Waals surface area (Å²) < 4.78 is 13.2. The van der Waals surface area contributed by atoms with Crippen LogP contribution in [0.25, 0.3) is 0 Å². The van der Waals surface area contributed by atoms with Crippen LogP contribution in [0, 0.1) is 46.3 Å². The molecule has 0 amide bonds. The van der Waals surface area contributed by atoms with E-state index in [1.165, 1.54) is 50.5 Å². The second-order valence-electron chi connectivity index (χ2n) is 16.7. The molecule has 4 heteroatoms. The number of carbonyl (C=O) groups excluding carboxylic acids is 1. The fourth-order valence-corrected chi connectivity index (χ4v) is 10.8. The SMILES string of the molecule is CC(=O)O[C@H]1CC[C@@]2(C)C(=CC(O[Si](C)(C)C(C)(C)C)C3[C@@H]4CC[C@H]([C@H](C)CCCC(C)C)[C@@]4(C)CC[C@@H]32)C1. The van der Waals surface area contributed by atoms with Crippen LogP contribution in [0.1, 0.15) is 127 Å². The third-order valence-electron chi connectivity index (χ3n) is 12.8. The minimum absolute atomic E-state index is 0.0308. The number of fused-ring (bicyclic) bond motifs is 5. The number of rotatable bonds is 8. The van der Waals surface area contributed by atoms with Crippen LogP contribution in [0.4, 0.5) is 0 Å². The van der Waals surface area contributed by atoms with Gasteiger partial charge in [-0.25, -0.2) is 0 Å². The minimum Gasteiger partial charge on any atom is -0.462 e. The van der Waals surface area contributed by atoms with Crippen molar-refractivity contribution in [2.24, 2.45) is 46.3 Å². The van der Waals surface area contributed by atoms with Crippen molar-refractivity contribution in [2.75, 3.05) is 0 Å². The van der Waals surface area contributed by atoms with Gasteiger partial charge in [-0.3, -0.25) is 4.79 Å². The molecular weight excluding hydrogens is 496 g/mol. The van der Waals surface area contributed by atoms with Gasteiger partial charge in [0.2, 0.25) is 0 Å². The highest BCUT2D eigenvalue weighted by Crippen LogP contribution is 2.68. The van der Waals surface area contributed by atoms with Gasteiger partial charge in [-0.15, -0.1) is 0 Å². The van der Waals surface area contributed by atoms with Crippen molar-refractivity contribution in [2.45, 2.75) is 157 Å². The highest BCUT2D eigenvalue weighted by molar-refractivity contribution is 6.74. The third kappa shape index (κ3) is 5.99. The van der Waals surface area contributed by atoms with Crippen LogP contribution < -0.4 is 0 Å². The van der Waals surface area contributed by atoms with Crippen LogP contribution in [0.15, 0.2) is 11.6 Å². The average Bonchev–Trinajstić information content (AvgIpc) is 3.15. The maximum Gasteiger partial charge on any atom is 0.302 e. The van der Waals surface area contributed by atoms with Gasteiger partial charge in [0.25, 0.3) is 0 Å². The lowest BCUT2D eigenvalue weighted by Gasteiger charge is -2.61. The molecule has 0 aromatic carbocycles. The Kier molecular flexibility index (Phi) is 9.02. The van der Waals surface area contributed by atoms with Gasteiger partial charge in [0, 0.05) is 13.3 Å². The predicted octanol–water partition coefficient (Wildman–Crippen LogP) is 9.96. The first-order valence-corrected chi connectivity index (χ1v) is 19.5. The van der Waals surface area contributed by atoms with Crippen LogP contribution in [0.2, 0.25) is 18.1 Å². The molecule has 3 fully saturated rings. The van der Waals surface area contributed by atoms with Gasteiger partial charge >= 0.3 is 5.97 Å². The Bertz CT molecular complexity index is 915. The summed E-state index contributed by atoms with van der Waals surface area (Å²) >= 11 is 0. The zero-order valence-corrected chi connectivity index (χ0v) is 28.5. The molecule has 0 spiro atoms. The molecule has 224 valence electrons. The van der Waals surface area contributed by atoms with E-state index in [1.807, 2.05) is 0 Å². The van der Waals surface area contributed by atoms with E-state index in [0.29, 0.717) is 17.3 Å². The summed E-state index contributed by atoms with van der Waals surface area (Å²) in [4.78, 5) is 11.8. The topological polar surface area (TPSA) is 35.5 Å². The van der Waals surface area contributed by atoms with E-state index in [1.54, 1.807) is 6.92 Å². The highest BCUT2D eigenvalue weighted by atomic mass is 28.4. The van der Waals surface area contributed by atoms with Crippen LogP contribution in [0.5, 0.6) is 0 Å². The average molecular weight is 559 g/mol. The number of hydrogen-bond acceptors (Lipinski definition) is 3. The van der Waals surface area contributed by atoms with Gasteiger partial charge in [-0.1, -0.05) is 86.3 Å². The van der Waals surface area contributed by atoms with Gasteiger partial charge < -0.3 is 9.16 Å². The Labute approximate surface area is 242 Å². The molecule has 0 aromatic rings. The first-order valence-electron chi connectivity index (χ1n) is 16.6. The zero-order chi connectivity index (χ0) is 29.0. The lowest BCUT2D eigenvalue weighted by molar-refractivity contribution is -0.149. The molecule has 0 bridgehead atoms. The van der Waals surface area contributed by atoms with E-state index >= 15 is 0 Å². The van der Waals surface area contributed by atoms with E-state index < -0.39 is 8.32 Å². The van der Waals surface area contributed by atoms with E-state index in [2.05, 4.69) is 74.6 Å². The number of esters is 1. The molecule has 39 heavy (non-hydrogen) atoms. The van der Waals surface area contributed by atoms with Gasteiger partial charge in [-0.2, -0.15) is 0 Å². The summed E-state index contributed by atoms with van der Waals surface area (Å²) in [7, 11) is -1.96. The maximum absolute atomic E-state index is 11.8. The first kappa shape index (κ1) is 31.3. The van der Waals surface area contributed by atoms with Crippen molar-refractivity contribution < 1.29 is 14.0 Å². The molecule has 2 unspecified atom stereocenters. The second kappa shape index (κ2) is 11.2. The van der Waals surface area contributed by atoms with E-state index in [-0.39, 0.29) is 28.6 Å². The van der Waals surface area contributed by atoms with Crippen LogP contribution in [-0.2, 0) is 14.0 Å². The summed E-state index contributed by atoms with van der Waals surface area (Å²) in [5.74, 6) is 4.39. The molecule has 3 saturated carbocycles. The Morgan fingerprint density at radius 2 is 1.72 bits per heavy atom. The molecule has 0 radical (unpaired) electrons. The fraction of sp³-hybridized carbons (Fsp3) is 0.914. The minimum atomic E-state index is -1.96. The molecule has 0 saturated heterocycles. The van der Waals surface area contributed by atoms with Crippen molar-refractivity contribution in [1.82, 2.24) is 0 Å². The van der Waals surface area contributed by atoms with Crippen LogP contribution in [0.3, 0.4) is 0 Å². The summed E-state index contributed by atoms with van der Waals surface area (Å²) in [6.07, 6.45) is 15.5. The van der Waals surface area contributed by atoms with E-state index in [9.17, 15) is 4.79 Å². The Balaban J connectivity index is 1.67. The number of ether oxygens (including phenoxy) is 1. The van der Waals surface area contributed by atoms with E-state index in [4.69, 9.17) is 9.16 Å². The number of carbonyl (C=O) groups is 1. The van der Waals surface area contributed by atoms with Crippen LogP contribution >= 0.6 is 0 Å². The molecule has 9 atom stereocenters. The summed E-state index contributed by atoms with van der Waals surface area (Å²) in [5.41, 5.74) is 2.19. The molecule has 4 aliphatic rings. The molecular formula is C35H62O3Si. The van der Waals surface area contributed by atoms with Gasteiger partial charge in [-0.05, 0) is 103 Å². The molecule has 0 N–H and O–H groups in total. The monoisotopic (exact) mass is 558 g/mol. The Hall–Kier alpha value is -0.613. The van der Waals surface area contributed by atoms with Crippen molar-refractivity contribution in [3.05, 3.63) is 11.6 Å². The summed E-state index contributed by atoms with van der Waals surface area (Å²) in [6, 6.07) is 0. The quantitative estimate of drug-likeness (QED) is 0.169. The normalized spacial score (nSPS) is 39.4. The van der Waals surface area contributed by atoms with Crippen molar-refractivity contribution >= 4 is 14.3 Å². The largest absolute Gasteiger partial charge is 0.462 e. The van der Waals surface area contributed by atoms with Gasteiger partial charge in [0.05, 0.1) is 6.10 Å². The Morgan fingerprint density at radius 1 is 1.03 bits per heavy atom. The summed E-state index contributed by atoms with van der Waals surface area (Å²) in [6.45, 7) is 26.1. The molecule has 0 heterocycles. The van der Waals surface area contributed by atoms with Gasteiger partial charge in [0.15, 0.2) is 8.32 Å². The molecule has 0 aliphatic heterocycles. The predicted molar refractivity (Wildman–Crippen MR) is 166 cm³/mol. The zero-order valence-electron chi connectivity index (χ0n) is 27.5. The maximum atomic E-state index is 11.8. The second-order valence-corrected chi connectivity index (χ2v) is 21.5. The van der Waals surface area contributed by atoms with Gasteiger partial charge in [0.1, 0.15) is 6.10 Å².